The SMILES string of the molecule is CCNc1ccccc1C(=O)NCC1CCCS1(=O)=O. The van der Waals surface area contributed by atoms with Crippen molar-refractivity contribution >= 4 is 21.4 Å². The molecule has 1 aliphatic rings. The van der Waals surface area contributed by atoms with Gasteiger partial charge in [0.15, 0.2) is 9.84 Å². The van der Waals surface area contributed by atoms with E-state index in [0.29, 0.717) is 18.4 Å². The van der Waals surface area contributed by atoms with Gasteiger partial charge in [0.25, 0.3) is 5.91 Å². The van der Waals surface area contributed by atoms with Crippen LogP contribution in [0.15, 0.2) is 24.3 Å². The summed E-state index contributed by atoms with van der Waals surface area (Å²) in [4.78, 5) is 12.2. The number of rotatable bonds is 5. The molecular formula is C14H20N2O3S. The minimum absolute atomic E-state index is 0.196. The number of benzene rings is 1. The van der Waals surface area contributed by atoms with Gasteiger partial charge < -0.3 is 10.6 Å². The second kappa shape index (κ2) is 6.26. The van der Waals surface area contributed by atoms with E-state index in [1.807, 2.05) is 19.1 Å². The molecule has 1 aromatic rings. The van der Waals surface area contributed by atoms with Crippen LogP contribution in [0.25, 0.3) is 0 Å². The van der Waals surface area contributed by atoms with Gasteiger partial charge in [0.1, 0.15) is 0 Å². The smallest absolute Gasteiger partial charge is 0.253 e. The van der Waals surface area contributed by atoms with Crippen molar-refractivity contribution < 1.29 is 13.2 Å². The number of anilines is 1. The van der Waals surface area contributed by atoms with Gasteiger partial charge in [-0.05, 0) is 31.9 Å². The highest BCUT2D eigenvalue weighted by molar-refractivity contribution is 7.92. The van der Waals surface area contributed by atoms with Crippen molar-refractivity contribution in [3.05, 3.63) is 29.8 Å². The molecule has 110 valence electrons. The summed E-state index contributed by atoms with van der Waals surface area (Å²) in [5.41, 5.74) is 1.31. The summed E-state index contributed by atoms with van der Waals surface area (Å²) in [7, 11) is -3.02. The van der Waals surface area contributed by atoms with Gasteiger partial charge in [0, 0.05) is 18.8 Å². The van der Waals surface area contributed by atoms with E-state index in [2.05, 4.69) is 10.6 Å². The molecule has 0 radical (unpaired) electrons. The highest BCUT2D eigenvalue weighted by Crippen LogP contribution is 2.20. The molecule has 1 fully saturated rings. The van der Waals surface area contributed by atoms with E-state index in [-0.39, 0.29) is 18.2 Å². The fraction of sp³-hybridized carbons (Fsp3) is 0.500. The molecule has 5 nitrogen and oxygen atoms in total. The van der Waals surface area contributed by atoms with Gasteiger partial charge in [-0.3, -0.25) is 4.79 Å². The summed E-state index contributed by atoms with van der Waals surface area (Å²) in [6.45, 7) is 2.88. The maximum absolute atomic E-state index is 12.2. The minimum Gasteiger partial charge on any atom is -0.385 e. The average molecular weight is 296 g/mol. The van der Waals surface area contributed by atoms with E-state index >= 15 is 0 Å². The van der Waals surface area contributed by atoms with Crippen molar-refractivity contribution in [1.82, 2.24) is 5.32 Å². The predicted molar refractivity (Wildman–Crippen MR) is 79.7 cm³/mol. The first kappa shape index (κ1) is 14.8. The van der Waals surface area contributed by atoms with Crippen molar-refractivity contribution in [1.29, 1.82) is 0 Å². The second-order valence-electron chi connectivity index (χ2n) is 4.92. The summed E-state index contributed by atoms with van der Waals surface area (Å²) in [5, 5.41) is 5.43. The lowest BCUT2D eigenvalue weighted by Gasteiger charge is -2.13. The van der Waals surface area contributed by atoms with Crippen LogP contribution in [-0.2, 0) is 9.84 Å². The van der Waals surface area contributed by atoms with E-state index in [1.165, 1.54) is 0 Å². The van der Waals surface area contributed by atoms with Gasteiger partial charge in [-0.15, -0.1) is 0 Å². The van der Waals surface area contributed by atoms with E-state index in [0.717, 1.165) is 12.2 Å². The number of carbonyl (C=O) groups is 1. The lowest BCUT2D eigenvalue weighted by molar-refractivity contribution is 0.0954. The third-order valence-electron chi connectivity index (χ3n) is 3.49. The van der Waals surface area contributed by atoms with Crippen LogP contribution < -0.4 is 10.6 Å². The molecule has 1 amide bonds. The van der Waals surface area contributed by atoms with Crippen LogP contribution in [0.4, 0.5) is 5.69 Å². The van der Waals surface area contributed by atoms with E-state index in [4.69, 9.17) is 0 Å². The standard InChI is InChI=1S/C14H20N2O3S/c1-2-15-13-8-4-3-7-12(13)14(17)16-10-11-6-5-9-20(11,18)19/h3-4,7-8,11,15H,2,5-6,9-10H2,1H3,(H,16,17). The molecule has 0 aromatic heterocycles. The Balaban J connectivity index is 2.02. The molecule has 1 aliphatic heterocycles. The van der Waals surface area contributed by atoms with Crippen LogP contribution in [0.3, 0.4) is 0 Å². The largest absolute Gasteiger partial charge is 0.385 e. The van der Waals surface area contributed by atoms with Crippen molar-refractivity contribution in [3.63, 3.8) is 0 Å². The third kappa shape index (κ3) is 3.30. The van der Waals surface area contributed by atoms with Crippen molar-refractivity contribution in [2.24, 2.45) is 0 Å². The van der Waals surface area contributed by atoms with Crippen LogP contribution in [0.1, 0.15) is 30.1 Å². The topological polar surface area (TPSA) is 75.3 Å². The van der Waals surface area contributed by atoms with Crippen molar-refractivity contribution in [2.45, 2.75) is 25.0 Å². The normalized spacial score (nSPS) is 20.6. The summed E-state index contributed by atoms with van der Waals surface area (Å²) < 4.78 is 23.4. The molecule has 1 saturated heterocycles. The average Bonchev–Trinajstić information content (AvgIpc) is 2.76. The fourth-order valence-electron chi connectivity index (χ4n) is 2.41. The molecule has 1 atom stereocenters. The van der Waals surface area contributed by atoms with Gasteiger partial charge >= 0.3 is 0 Å². The maximum Gasteiger partial charge on any atom is 0.253 e. The molecule has 2 N–H and O–H groups in total. The first-order valence-electron chi connectivity index (χ1n) is 6.87. The zero-order valence-corrected chi connectivity index (χ0v) is 12.4. The molecule has 6 heteroatoms. The Kier molecular flexibility index (Phi) is 4.65. The quantitative estimate of drug-likeness (QED) is 0.862. The molecule has 0 bridgehead atoms. The molecule has 20 heavy (non-hydrogen) atoms. The molecule has 1 heterocycles. The zero-order valence-electron chi connectivity index (χ0n) is 11.6. The third-order valence-corrected chi connectivity index (χ3v) is 5.77. The highest BCUT2D eigenvalue weighted by Gasteiger charge is 2.31. The zero-order chi connectivity index (χ0) is 14.6. The lowest BCUT2D eigenvalue weighted by atomic mass is 10.1. The van der Waals surface area contributed by atoms with E-state index < -0.39 is 15.1 Å². The number of hydrogen-bond donors (Lipinski definition) is 2. The Morgan fingerprint density at radius 2 is 2.10 bits per heavy atom. The number of amides is 1. The number of para-hydroxylation sites is 1. The Bertz CT molecular complexity index is 584. The molecule has 0 aliphatic carbocycles. The van der Waals surface area contributed by atoms with Crippen LogP contribution in [0, 0.1) is 0 Å². The van der Waals surface area contributed by atoms with Crippen LogP contribution in [-0.4, -0.2) is 38.4 Å². The van der Waals surface area contributed by atoms with Gasteiger partial charge in [0.05, 0.1) is 16.6 Å². The Morgan fingerprint density at radius 1 is 1.35 bits per heavy atom. The van der Waals surface area contributed by atoms with E-state index in [1.54, 1.807) is 12.1 Å². The highest BCUT2D eigenvalue weighted by atomic mass is 32.2. The monoisotopic (exact) mass is 296 g/mol. The Morgan fingerprint density at radius 3 is 2.75 bits per heavy atom. The molecule has 2 rings (SSSR count). The van der Waals surface area contributed by atoms with E-state index in [9.17, 15) is 13.2 Å². The number of hydrogen-bond acceptors (Lipinski definition) is 4. The molecule has 1 aromatic carbocycles. The number of carbonyl (C=O) groups excluding carboxylic acids is 1. The van der Waals surface area contributed by atoms with Crippen LogP contribution in [0.5, 0.6) is 0 Å². The molecular weight excluding hydrogens is 276 g/mol. The number of nitrogens with one attached hydrogen (secondary N) is 2. The summed E-state index contributed by atoms with van der Waals surface area (Å²) in [6, 6.07) is 7.22. The van der Waals surface area contributed by atoms with Gasteiger partial charge in [-0.2, -0.15) is 0 Å². The van der Waals surface area contributed by atoms with Gasteiger partial charge in [-0.25, -0.2) is 8.42 Å². The summed E-state index contributed by atoms with van der Waals surface area (Å²) >= 11 is 0. The predicted octanol–water partition coefficient (Wildman–Crippen LogP) is 1.43. The first-order chi connectivity index (χ1) is 9.54. The Hall–Kier alpha value is -1.56. The summed E-state index contributed by atoms with van der Waals surface area (Å²) in [6.07, 6.45) is 1.33. The molecule has 0 spiro atoms. The van der Waals surface area contributed by atoms with Crippen molar-refractivity contribution in [2.75, 3.05) is 24.2 Å². The molecule has 0 saturated carbocycles. The second-order valence-corrected chi connectivity index (χ2v) is 7.32. The fourth-order valence-corrected chi connectivity index (χ4v) is 4.18. The van der Waals surface area contributed by atoms with Gasteiger partial charge in [-0.1, -0.05) is 12.1 Å². The van der Waals surface area contributed by atoms with Gasteiger partial charge in [0.2, 0.25) is 0 Å². The minimum atomic E-state index is -3.02. The van der Waals surface area contributed by atoms with Crippen LogP contribution >= 0.6 is 0 Å². The molecule has 1 unspecified atom stereocenters. The van der Waals surface area contributed by atoms with Crippen LogP contribution in [0.2, 0.25) is 0 Å². The number of sulfone groups is 1. The first-order valence-corrected chi connectivity index (χ1v) is 8.59. The Labute approximate surface area is 119 Å². The summed E-state index contributed by atoms with van der Waals surface area (Å²) in [5.74, 6) is 0.00488. The van der Waals surface area contributed by atoms with Crippen molar-refractivity contribution in [3.8, 4) is 0 Å². The lowest BCUT2D eigenvalue weighted by Crippen LogP contribution is -2.34. The maximum atomic E-state index is 12.2.